The highest BCUT2D eigenvalue weighted by atomic mass is 16.5. The first-order valence-electron chi connectivity index (χ1n) is 7.90. The minimum Gasteiger partial charge on any atom is -0.383 e. The van der Waals surface area contributed by atoms with Gasteiger partial charge in [0.2, 0.25) is 0 Å². The fraction of sp³-hybridized carbons (Fsp3) is 0.688. The molecule has 2 rings (SSSR count). The molecule has 0 bridgehead atoms. The topological polar surface area (TPSA) is 86.2 Å². The summed E-state index contributed by atoms with van der Waals surface area (Å²) < 4.78 is 6.20. The summed E-state index contributed by atoms with van der Waals surface area (Å²) in [4.78, 5) is 4.16. The van der Waals surface area contributed by atoms with E-state index < -0.39 is 0 Å². The summed E-state index contributed by atoms with van der Waals surface area (Å²) in [6.07, 6.45) is 6.98. The lowest BCUT2D eigenvalue weighted by Gasteiger charge is -2.45. The minimum absolute atomic E-state index is 0.0479. The van der Waals surface area contributed by atoms with Crippen LogP contribution >= 0.6 is 0 Å². The maximum absolute atomic E-state index is 6.20. The summed E-state index contributed by atoms with van der Waals surface area (Å²) in [5.74, 6) is 7.11. The molecular weight excluding hydrogens is 264 g/mol. The zero-order chi connectivity index (χ0) is 15.3. The van der Waals surface area contributed by atoms with Gasteiger partial charge in [-0.2, -0.15) is 0 Å². The van der Waals surface area contributed by atoms with Crippen LogP contribution in [0.15, 0.2) is 18.3 Å². The Balaban J connectivity index is 2.21. The first kappa shape index (κ1) is 16.2. The smallest absolute Gasteiger partial charge is 0.126 e. The van der Waals surface area contributed by atoms with Gasteiger partial charge < -0.3 is 10.5 Å². The number of nitrogens with zero attached hydrogens (tertiary/aromatic N) is 1. The standard InChI is InChI=1S/C16H28N4O/c1-3-21-16(8-4-6-12(2)11-16)14(20-18)10-13-7-5-9-19-15(13)17/h5,7,9,12,14,20H,3-4,6,8,10-11,18H2,1-2H3,(H2,17,19). The van der Waals surface area contributed by atoms with Crippen LogP contribution in [0.2, 0.25) is 0 Å². The monoisotopic (exact) mass is 292 g/mol. The van der Waals surface area contributed by atoms with E-state index in [0.29, 0.717) is 18.3 Å². The van der Waals surface area contributed by atoms with Crippen LogP contribution in [0, 0.1) is 5.92 Å². The number of pyridine rings is 1. The zero-order valence-electron chi connectivity index (χ0n) is 13.1. The first-order valence-corrected chi connectivity index (χ1v) is 7.90. The molecule has 118 valence electrons. The third-order valence-corrected chi connectivity index (χ3v) is 4.61. The van der Waals surface area contributed by atoms with Crippen molar-refractivity contribution in [2.45, 2.75) is 57.6 Å². The predicted octanol–water partition coefficient (Wildman–Crippen LogP) is 2.02. The fourth-order valence-electron chi connectivity index (χ4n) is 3.62. The third kappa shape index (κ3) is 3.73. The van der Waals surface area contributed by atoms with Gasteiger partial charge in [0, 0.05) is 12.8 Å². The Kier molecular flexibility index (Phi) is 5.56. The van der Waals surface area contributed by atoms with E-state index in [9.17, 15) is 0 Å². The molecule has 0 amide bonds. The van der Waals surface area contributed by atoms with Gasteiger partial charge in [0.1, 0.15) is 5.82 Å². The lowest BCUT2D eigenvalue weighted by molar-refractivity contribution is -0.100. The molecule has 5 heteroatoms. The molecule has 1 fully saturated rings. The average Bonchev–Trinajstić information content (AvgIpc) is 2.46. The first-order chi connectivity index (χ1) is 10.1. The van der Waals surface area contributed by atoms with Crippen LogP contribution in [0.25, 0.3) is 0 Å². The molecule has 0 aromatic carbocycles. The van der Waals surface area contributed by atoms with Gasteiger partial charge >= 0.3 is 0 Å². The number of nitrogens with one attached hydrogen (secondary N) is 1. The highest BCUT2D eigenvalue weighted by molar-refractivity contribution is 5.39. The van der Waals surface area contributed by atoms with Crippen LogP contribution in [-0.2, 0) is 11.2 Å². The second-order valence-electron chi connectivity index (χ2n) is 6.17. The Hall–Kier alpha value is -1.17. The number of nitrogens with two attached hydrogens (primary N) is 2. The molecule has 0 radical (unpaired) electrons. The maximum Gasteiger partial charge on any atom is 0.126 e. The number of anilines is 1. The van der Waals surface area contributed by atoms with Gasteiger partial charge in [-0.15, -0.1) is 0 Å². The van der Waals surface area contributed by atoms with Crippen LogP contribution in [0.4, 0.5) is 5.82 Å². The van der Waals surface area contributed by atoms with E-state index in [1.807, 2.05) is 19.1 Å². The fourth-order valence-corrected chi connectivity index (χ4v) is 3.62. The maximum atomic E-state index is 6.20. The number of ether oxygens (including phenoxy) is 1. The second kappa shape index (κ2) is 7.20. The Bertz CT molecular complexity index is 450. The number of hydrazine groups is 1. The van der Waals surface area contributed by atoms with Crippen molar-refractivity contribution in [2.75, 3.05) is 12.3 Å². The average molecular weight is 292 g/mol. The van der Waals surface area contributed by atoms with E-state index in [-0.39, 0.29) is 11.6 Å². The van der Waals surface area contributed by atoms with Crippen molar-refractivity contribution in [2.24, 2.45) is 11.8 Å². The molecule has 21 heavy (non-hydrogen) atoms. The van der Waals surface area contributed by atoms with Gasteiger partial charge in [-0.1, -0.05) is 25.8 Å². The number of hydrogen-bond acceptors (Lipinski definition) is 5. The van der Waals surface area contributed by atoms with Gasteiger partial charge in [0.25, 0.3) is 0 Å². The van der Waals surface area contributed by atoms with E-state index in [4.69, 9.17) is 16.3 Å². The predicted molar refractivity (Wildman–Crippen MR) is 85.5 cm³/mol. The van der Waals surface area contributed by atoms with E-state index in [0.717, 1.165) is 24.8 Å². The number of aromatic nitrogens is 1. The summed E-state index contributed by atoms with van der Waals surface area (Å²) in [6.45, 7) is 5.04. The Morgan fingerprint density at radius 3 is 3.00 bits per heavy atom. The molecular formula is C16H28N4O. The van der Waals surface area contributed by atoms with Crippen LogP contribution in [-0.4, -0.2) is 23.2 Å². The van der Waals surface area contributed by atoms with Gasteiger partial charge in [0.05, 0.1) is 11.6 Å². The van der Waals surface area contributed by atoms with Crippen molar-refractivity contribution >= 4 is 5.82 Å². The van der Waals surface area contributed by atoms with Gasteiger partial charge in [-0.3, -0.25) is 11.3 Å². The molecule has 0 spiro atoms. The molecule has 3 unspecified atom stereocenters. The molecule has 1 aliphatic carbocycles. The third-order valence-electron chi connectivity index (χ3n) is 4.61. The summed E-state index contributed by atoms with van der Waals surface area (Å²) >= 11 is 0. The van der Waals surface area contributed by atoms with Crippen molar-refractivity contribution in [3.05, 3.63) is 23.9 Å². The van der Waals surface area contributed by atoms with Gasteiger partial charge in [-0.25, -0.2) is 4.98 Å². The van der Waals surface area contributed by atoms with Crippen LogP contribution in [0.3, 0.4) is 0 Å². The number of nitrogen functional groups attached to an aromatic ring is 1. The van der Waals surface area contributed by atoms with Crippen molar-refractivity contribution < 1.29 is 4.74 Å². The molecule has 0 saturated heterocycles. The summed E-state index contributed by atoms with van der Waals surface area (Å²) in [6, 6.07) is 3.97. The zero-order valence-corrected chi connectivity index (χ0v) is 13.1. The number of hydrogen-bond donors (Lipinski definition) is 3. The minimum atomic E-state index is -0.205. The van der Waals surface area contributed by atoms with Crippen molar-refractivity contribution in [3.8, 4) is 0 Å². The summed E-state index contributed by atoms with van der Waals surface area (Å²) in [5.41, 5.74) is 9.78. The quantitative estimate of drug-likeness (QED) is 0.551. The highest BCUT2D eigenvalue weighted by Crippen LogP contribution is 2.38. The van der Waals surface area contributed by atoms with E-state index in [1.165, 1.54) is 12.8 Å². The summed E-state index contributed by atoms with van der Waals surface area (Å²) in [5, 5.41) is 0. The highest BCUT2D eigenvalue weighted by Gasteiger charge is 2.42. The van der Waals surface area contributed by atoms with Crippen molar-refractivity contribution in [1.82, 2.24) is 10.4 Å². The molecule has 3 atom stereocenters. The molecule has 1 heterocycles. The lowest BCUT2D eigenvalue weighted by atomic mass is 9.73. The Morgan fingerprint density at radius 1 is 1.57 bits per heavy atom. The molecule has 1 aromatic heterocycles. The Labute approximate surface area is 127 Å². The molecule has 1 aliphatic rings. The SMILES string of the molecule is CCOC1(C(Cc2cccnc2N)NN)CCCC(C)C1. The largest absolute Gasteiger partial charge is 0.383 e. The molecule has 5 nitrogen and oxygen atoms in total. The van der Waals surface area contributed by atoms with Gasteiger partial charge in [0.15, 0.2) is 0 Å². The molecule has 0 aliphatic heterocycles. The Morgan fingerprint density at radius 2 is 2.38 bits per heavy atom. The lowest BCUT2D eigenvalue weighted by Crippen LogP contribution is -2.58. The van der Waals surface area contributed by atoms with E-state index in [1.54, 1.807) is 6.20 Å². The molecule has 1 saturated carbocycles. The van der Waals surface area contributed by atoms with Crippen LogP contribution in [0.5, 0.6) is 0 Å². The van der Waals surface area contributed by atoms with Crippen molar-refractivity contribution in [1.29, 1.82) is 0 Å². The summed E-state index contributed by atoms with van der Waals surface area (Å²) in [7, 11) is 0. The van der Waals surface area contributed by atoms with Crippen LogP contribution in [0.1, 0.15) is 45.1 Å². The van der Waals surface area contributed by atoms with Crippen LogP contribution < -0.4 is 17.0 Å². The normalized spacial score (nSPS) is 27.5. The van der Waals surface area contributed by atoms with Crippen molar-refractivity contribution in [3.63, 3.8) is 0 Å². The number of rotatable bonds is 6. The van der Waals surface area contributed by atoms with E-state index >= 15 is 0 Å². The van der Waals surface area contributed by atoms with Gasteiger partial charge in [-0.05, 0) is 43.7 Å². The molecule has 1 aromatic rings. The second-order valence-corrected chi connectivity index (χ2v) is 6.17. The molecule has 5 N–H and O–H groups in total. The van der Waals surface area contributed by atoms with E-state index in [2.05, 4.69) is 17.3 Å².